The molecular formula is C24H26N4O4. The Hall–Kier alpha value is -3.99. The first-order chi connectivity index (χ1) is 15.4. The number of pyridine rings is 1. The number of carbonyl (C=O) groups is 1. The van der Waals surface area contributed by atoms with Gasteiger partial charge in [0.05, 0.1) is 32.4 Å². The summed E-state index contributed by atoms with van der Waals surface area (Å²) in [6.45, 7) is 4.76. The third-order valence-corrected chi connectivity index (χ3v) is 5.26. The van der Waals surface area contributed by atoms with Gasteiger partial charge in [0.1, 0.15) is 11.9 Å². The van der Waals surface area contributed by atoms with Gasteiger partial charge in [0, 0.05) is 24.0 Å². The van der Waals surface area contributed by atoms with Crippen LogP contribution >= 0.6 is 0 Å². The van der Waals surface area contributed by atoms with Crippen molar-refractivity contribution in [1.29, 1.82) is 5.26 Å². The molecule has 0 fully saturated rings. The van der Waals surface area contributed by atoms with Crippen molar-refractivity contribution in [3.05, 3.63) is 52.6 Å². The molecule has 0 saturated heterocycles. The van der Waals surface area contributed by atoms with Gasteiger partial charge in [0.2, 0.25) is 5.75 Å². The van der Waals surface area contributed by atoms with Gasteiger partial charge in [-0.25, -0.2) is 4.98 Å². The summed E-state index contributed by atoms with van der Waals surface area (Å²) in [5, 5.41) is 16.4. The van der Waals surface area contributed by atoms with E-state index in [1.165, 1.54) is 21.3 Å². The SMILES string of the molecule is COc1cc(C(=O)NCCNc2nc3c(C)c(C)ccc3cc2C#N)cc(OC)c1OC. The van der Waals surface area contributed by atoms with Crippen molar-refractivity contribution in [1.82, 2.24) is 10.3 Å². The van der Waals surface area contributed by atoms with Crippen LogP contribution in [0.4, 0.5) is 5.82 Å². The standard InChI is InChI=1S/C24H26N4O4/c1-14-6-7-16-10-18(13-25)23(28-21(16)15(14)2)26-8-9-27-24(29)17-11-19(30-3)22(32-5)20(12-17)31-4/h6-7,10-12H,8-9H2,1-5H3,(H,26,28)(H,27,29). The van der Waals surface area contributed by atoms with Gasteiger partial charge in [0.15, 0.2) is 11.5 Å². The molecule has 0 radical (unpaired) electrons. The highest BCUT2D eigenvalue weighted by atomic mass is 16.5. The first kappa shape index (κ1) is 22.7. The Kier molecular flexibility index (Phi) is 7.00. The number of nitrogens with zero attached hydrogens (tertiary/aromatic N) is 2. The van der Waals surface area contributed by atoms with E-state index in [4.69, 9.17) is 14.2 Å². The third-order valence-electron chi connectivity index (χ3n) is 5.26. The van der Waals surface area contributed by atoms with Crippen LogP contribution in [0.2, 0.25) is 0 Å². The van der Waals surface area contributed by atoms with Crippen LogP contribution in [0.3, 0.4) is 0 Å². The normalized spacial score (nSPS) is 10.4. The summed E-state index contributed by atoms with van der Waals surface area (Å²) in [4.78, 5) is 17.3. The number of anilines is 1. The molecule has 166 valence electrons. The number of carbonyl (C=O) groups excluding carboxylic acids is 1. The van der Waals surface area contributed by atoms with E-state index in [0.29, 0.717) is 47.3 Å². The van der Waals surface area contributed by atoms with Crippen LogP contribution in [0.15, 0.2) is 30.3 Å². The van der Waals surface area contributed by atoms with Crippen molar-refractivity contribution in [2.45, 2.75) is 13.8 Å². The zero-order valence-electron chi connectivity index (χ0n) is 18.8. The van der Waals surface area contributed by atoms with E-state index >= 15 is 0 Å². The number of rotatable bonds is 8. The fourth-order valence-electron chi connectivity index (χ4n) is 3.37. The predicted octanol–water partition coefficient (Wildman–Crippen LogP) is 3.59. The van der Waals surface area contributed by atoms with Gasteiger partial charge in [-0.05, 0) is 43.2 Å². The number of aromatic nitrogens is 1. The lowest BCUT2D eigenvalue weighted by Crippen LogP contribution is -2.29. The molecule has 0 aliphatic carbocycles. The van der Waals surface area contributed by atoms with Gasteiger partial charge in [-0.15, -0.1) is 0 Å². The lowest BCUT2D eigenvalue weighted by atomic mass is 10.0. The Labute approximate surface area is 187 Å². The molecule has 0 spiro atoms. The number of hydrogen-bond acceptors (Lipinski definition) is 7. The Balaban J connectivity index is 1.70. The van der Waals surface area contributed by atoms with E-state index in [-0.39, 0.29) is 5.91 Å². The highest BCUT2D eigenvalue weighted by molar-refractivity contribution is 5.95. The summed E-state index contributed by atoms with van der Waals surface area (Å²) in [5.41, 5.74) is 3.90. The molecule has 8 heteroatoms. The zero-order chi connectivity index (χ0) is 23.3. The number of benzene rings is 2. The third kappa shape index (κ3) is 4.52. The summed E-state index contributed by atoms with van der Waals surface area (Å²) in [7, 11) is 4.50. The van der Waals surface area contributed by atoms with E-state index in [2.05, 4.69) is 21.7 Å². The number of methoxy groups -OCH3 is 3. The quantitative estimate of drug-likeness (QED) is 0.522. The van der Waals surface area contributed by atoms with E-state index in [9.17, 15) is 10.1 Å². The van der Waals surface area contributed by atoms with Crippen molar-refractivity contribution in [2.24, 2.45) is 0 Å². The second-order valence-electron chi connectivity index (χ2n) is 7.17. The second kappa shape index (κ2) is 9.88. The van der Waals surface area contributed by atoms with E-state index in [0.717, 1.165) is 22.0 Å². The van der Waals surface area contributed by atoms with Crippen LogP contribution in [0.1, 0.15) is 27.0 Å². The molecule has 1 heterocycles. The van der Waals surface area contributed by atoms with Crippen molar-refractivity contribution in [3.63, 3.8) is 0 Å². The molecule has 0 saturated carbocycles. The lowest BCUT2D eigenvalue weighted by molar-refractivity contribution is 0.0954. The maximum atomic E-state index is 12.6. The summed E-state index contributed by atoms with van der Waals surface area (Å²) in [5.74, 6) is 1.44. The molecule has 3 rings (SSSR count). The fourth-order valence-corrected chi connectivity index (χ4v) is 3.37. The van der Waals surface area contributed by atoms with E-state index < -0.39 is 0 Å². The van der Waals surface area contributed by atoms with Gasteiger partial charge < -0.3 is 24.8 Å². The van der Waals surface area contributed by atoms with Crippen LogP contribution in [0, 0.1) is 25.2 Å². The molecule has 0 atom stereocenters. The molecule has 0 bridgehead atoms. The van der Waals surface area contributed by atoms with Crippen LogP contribution < -0.4 is 24.8 Å². The van der Waals surface area contributed by atoms with E-state index in [1.54, 1.807) is 12.1 Å². The van der Waals surface area contributed by atoms with E-state index in [1.807, 2.05) is 32.0 Å². The summed E-state index contributed by atoms with van der Waals surface area (Å²) < 4.78 is 15.9. The van der Waals surface area contributed by atoms with Crippen molar-refractivity contribution < 1.29 is 19.0 Å². The van der Waals surface area contributed by atoms with Crippen LogP contribution in [0.25, 0.3) is 10.9 Å². The molecule has 1 amide bonds. The highest BCUT2D eigenvalue weighted by Crippen LogP contribution is 2.38. The first-order valence-corrected chi connectivity index (χ1v) is 10.1. The molecule has 0 unspecified atom stereocenters. The maximum Gasteiger partial charge on any atom is 0.251 e. The van der Waals surface area contributed by atoms with Gasteiger partial charge in [-0.3, -0.25) is 4.79 Å². The number of aryl methyl sites for hydroxylation is 2. The van der Waals surface area contributed by atoms with Gasteiger partial charge in [-0.1, -0.05) is 12.1 Å². The number of amides is 1. The average molecular weight is 434 g/mol. The topological polar surface area (TPSA) is 106 Å². The maximum absolute atomic E-state index is 12.6. The number of nitriles is 1. The number of ether oxygens (including phenoxy) is 3. The van der Waals surface area contributed by atoms with Gasteiger partial charge in [-0.2, -0.15) is 5.26 Å². The Morgan fingerprint density at radius 2 is 1.72 bits per heavy atom. The first-order valence-electron chi connectivity index (χ1n) is 10.1. The molecule has 0 aliphatic rings. The second-order valence-corrected chi connectivity index (χ2v) is 7.17. The van der Waals surface area contributed by atoms with Crippen molar-refractivity contribution >= 4 is 22.6 Å². The van der Waals surface area contributed by atoms with Gasteiger partial charge in [0.25, 0.3) is 5.91 Å². The number of hydrogen-bond donors (Lipinski definition) is 2. The minimum absolute atomic E-state index is 0.288. The van der Waals surface area contributed by atoms with Crippen molar-refractivity contribution in [2.75, 3.05) is 39.7 Å². The molecule has 8 nitrogen and oxygen atoms in total. The highest BCUT2D eigenvalue weighted by Gasteiger charge is 2.17. The molecule has 32 heavy (non-hydrogen) atoms. The number of fused-ring (bicyclic) bond motifs is 1. The predicted molar refractivity (Wildman–Crippen MR) is 123 cm³/mol. The van der Waals surface area contributed by atoms with Crippen molar-refractivity contribution in [3.8, 4) is 23.3 Å². The number of nitrogens with one attached hydrogen (secondary N) is 2. The lowest BCUT2D eigenvalue weighted by Gasteiger charge is -2.14. The smallest absolute Gasteiger partial charge is 0.251 e. The molecule has 2 N–H and O–H groups in total. The monoisotopic (exact) mass is 434 g/mol. The molecule has 0 aliphatic heterocycles. The summed E-state index contributed by atoms with van der Waals surface area (Å²) in [6.07, 6.45) is 0. The molecule has 3 aromatic rings. The van der Waals surface area contributed by atoms with Gasteiger partial charge >= 0.3 is 0 Å². The summed E-state index contributed by atoms with van der Waals surface area (Å²) >= 11 is 0. The fraction of sp³-hybridized carbons (Fsp3) is 0.292. The zero-order valence-corrected chi connectivity index (χ0v) is 18.8. The van der Waals surface area contributed by atoms with Crippen LogP contribution in [-0.2, 0) is 0 Å². The average Bonchev–Trinajstić information content (AvgIpc) is 2.82. The molecular weight excluding hydrogens is 408 g/mol. The van der Waals surface area contributed by atoms with Crippen LogP contribution in [0.5, 0.6) is 17.2 Å². The van der Waals surface area contributed by atoms with Crippen LogP contribution in [-0.4, -0.2) is 45.3 Å². The summed E-state index contributed by atoms with van der Waals surface area (Å²) in [6, 6.07) is 11.2. The minimum atomic E-state index is -0.288. The largest absolute Gasteiger partial charge is 0.493 e. The Bertz CT molecular complexity index is 1180. The molecule has 1 aromatic heterocycles. The Morgan fingerprint density at radius 3 is 2.31 bits per heavy atom. The Morgan fingerprint density at radius 1 is 1.03 bits per heavy atom. The molecule has 2 aromatic carbocycles. The minimum Gasteiger partial charge on any atom is -0.493 e.